The third-order valence-electron chi connectivity index (χ3n) is 4.52. The summed E-state index contributed by atoms with van der Waals surface area (Å²) in [5, 5.41) is 7.88. The average Bonchev–Trinajstić information content (AvgIpc) is 3.27. The number of esters is 1. The second-order valence-corrected chi connectivity index (χ2v) is 6.68. The van der Waals surface area contributed by atoms with Gasteiger partial charge in [-0.05, 0) is 25.1 Å². The molecule has 0 aliphatic heterocycles. The van der Waals surface area contributed by atoms with Crippen LogP contribution >= 0.6 is 0 Å². The number of benzene rings is 3. The summed E-state index contributed by atoms with van der Waals surface area (Å²) in [7, 11) is 0. The number of ether oxygens (including phenoxy) is 1. The van der Waals surface area contributed by atoms with Crippen LogP contribution in [0.15, 0.2) is 83.3 Å². The van der Waals surface area contributed by atoms with Gasteiger partial charge in [0, 0.05) is 16.7 Å². The number of ketones is 1. The van der Waals surface area contributed by atoms with Gasteiger partial charge in [-0.2, -0.15) is 0 Å². The molecule has 4 aromatic rings. The monoisotopic (exact) mass is 398 g/mol. The van der Waals surface area contributed by atoms with Crippen molar-refractivity contribution in [1.82, 2.24) is 10.2 Å². The molecule has 0 N–H and O–H groups in total. The average molecular weight is 398 g/mol. The maximum absolute atomic E-state index is 12.9. The lowest BCUT2D eigenvalue weighted by Gasteiger charge is -2.08. The molecule has 6 nitrogen and oxygen atoms in total. The number of carbonyl (C=O) groups excluding carboxylic acids is 2. The van der Waals surface area contributed by atoms with E-state index in [9.17, 15) is 9.59 Å². The van der Waals surface area contributed by atoms with E-state index in [-0.39, 0.29) is 29.4 Å². The van der Waals surface area contributed by atoms with Gasteiger partial charge in [-0.1, -0.05) is 66.2 Å². The standard InChI is InChI=1S/C24H18N2O4/c1-16-11-13-17(14-12-16)22(27)19-9-5-6-10-20(19)24(28)29-15-21-25-26-23(30-21)18-7-3-2-4-8-18/h2-14H,15H2,1H3. The van der Waals surface area contributed by atoms with Crippen LogP contribution in [-0.4, -0.2) is 21.9 Å². The summed E-state index contributed by atoms with van der Waals surface area (Å²) in [4.78, 5) is 25.5. The lowest BCUT2D eigenvalue weighted by atomic mass is 9.98. The van der Waals surface area contributed by atoms with E-state index in [4.69, 9.17) is 9.15 Å². The van der Waals surface area contributed by atoms with E-state index in [1.807, 2.05) is 49.4 Å². The molecule has 1 heterocycles. The Morgan fingerprint density at radius 3 is 2.23 bits per heavy atom. The number of hydrogen-bond donors (Lipinski definition) is 0. The predicted molar refractivity (Wildman–Crippen MR) is 110 cm³/mol. The van der Waals surface area contributed by atoms with Gasteiger partial charge in [0.25, 0.3) is 5.89 Å². The van der Waals surface area contributed by atoms with E-state index in [0.29, 0.717) is 11.5 Å². The summed E-state index contributed by atoms with van der Waals surface area (Å²) < 4.78 is 10.9. The third kappa shape index (κ3) is 4.17. The molecule has 4 rings (SSSR count). The summed E-state index contributed by atoms with van der Waals surface area (Å²) in [6.07, 6.45) is 0. The predicted octanol–water partition coefficient (Wildman–Crippen LogP) is 4.63. The molecule has 6 heteroatoms. The number of hydrogen-bond acceptors (Lipinski definition) is 6. The first-order valence-corrected chi connectivity index (χ1v) is 9.37. The van der Waals surface area contributed by atoms with Crippen molar-refractivity contribution in [1.29, 1.82) is 0 Å². The smallest absolute Gasteiger partial charge is 0.339 e. The largest absolute Gasteiger partial charge is 0.452 e. The van der Waals surface area contributed by atoms with E-state index < -0.39 is 5.97 Å². The highest BCUT2D eigenvalue weighted by molar-refractivity contribution is 6.14. The van der Waals surface area contributed by atoms with Crippen molar-refractivity contribution in [3.8, 4) is 11.5 Å². The zero-order valence-electron chi connectivity index (χ0n) is 16.2. The highest BCUT2D eigenvalue weighted by atomic mass is 16.5. The summed E-state index contributed by atoms with van der Waals surface area (Å²) in [5.41, 5.74) is 2.79. The Morgan fingerprint density at radius 1 is 0.833 bits per heavy atom. The van der Waals surface area contributed by atoms with Crippen LogP contribution in [0.5, 0.6) is 0 Å². The van der Waals surface area contributed by atoms with E-state index in [1.54, 1.807) is 36.4 Å². The van der Waals surface area contributed by atoms with Crippen LogP contribution in [0.2, 0.25) is 0 Å². The van der Waals surface area contributed by atoms with Gasteiger partial charge in [0.1, 0.15) is 0 Å². The molecule has 0 radical (unpaired) electrons. The minimum absolute atomic E-state index is 0.171. The fourth-order valence-corrected chi connectivity index (χ4v) is 2.93. The molecule has 0 saturated heterocycles. The Hall–Kier alpha value is -4.06. The van der Waals surface area contributed by atoms with Crippen LogP contribution in [0.3, 0.4) is 0 Å². The molecule has 0 atom stereocenters. The zero-order chi connectivity index (χ0) is 20.9. The molecule has 0 fully saturated rings. The maximum Gasteiger partial charge on any atom is 0.339 e. The van der Waals surface area contributed by atoms with E-state index in [0.717, 1.165) is 11.1 Å². The molecule has 0 unspecified atom stereocenters. The molecule has 3 aromatic carbocycles. The van der Waals surface area contributed by atoms with Crippen molar-refractivity contribution in [2.24, 2.45) is 0 Å². The molecule has 0 amide bonds. The lowest BCUT2D eigenvalue weighted by Crippen LogP contribution is -2.12. The minimum atomic E-state index is -0.634. The summed E-state index contributed by atoms with van der Waals surface area (Å²) in [6.45, 7) is 1.76. The highest BCUT2D eigenvalue weighted by Crippen LogP contribution is 2.19. The van der Waals surface area contributed by atoms with Gasteiger partial charge in [-0.25, -0.2) is 4.79 Å². The fourth-order valence-electron chi connectivity index (χ4n) is 2.93. The van der Waals surface area contributed by atoms with E-state index in [2.05, 4.69) is 10.2 Å². The first-order chi connectivity index (χ1) is 14.6. The Morgan fingerprint density at radius 2 is 1.50 bits per heavy atom. The van der Waals surface area contributed by atoms with Crippen molar-refractivity contribution < 1.29 is 18.7 Å². The first kappa shape index (κ1) is 19.3. The lowest BCUT2D eigenvalue weighted by molar-refractivity contribution is 0.0436. The van der Waals surface area contributed by atoms with Gasteiger partial charge in [0.2, 0.25) is 5.89 Å². The molecule has 0 aliphatic rings. The zero-order valence-corrected chi connectivity index (χ0v) is 16.2. The molecular weight excluding hydrogens is 380 g/mol. The number of aryl methyl sites for hydroxylation is 1. The molecule has 1 aromatic heterocycles. The Balaban J connectivity index is 1.49. The van der Waals surface area contributed by atoms with Gasteiger partial charge in [0.05, 0.1) is 5.56 Å². The summed E-state index contributed by atoms with van der Waals surface area (Å²) in [6, 6.07) is 23.1. The Bertz CT molecular complexity index is 1180. The molecule has 0 bridgehead atoms. The molecule has 30 heavy (non-hydrogen) atoms. The van der Waals surface area contributed by atoms with Crippen molar-refractivity contribution in [3.63, 3.8) is 0 Å². The van der Waals surface area contributed by atoms with Crippen molar-refractivity contribution in [2.45, 2.75) is 13.5 Å². The van der Waals surface area contributed by atoms with Gasteiger partial charge >= 0.3 is 5.97 Å². The third-order valence-corrected chi connectivity index (χ3v) is 4.52. The van der Waals surface area contributed by atoms with Crippen LogP contribution in [0.4, 0.5) is 0 Å². The molecule has 0 spiro atoms. The molecule has 0 saturated carbocycles. The Labute approximate surface area is 173 Å². The van der Waals surface area contributed by atoms with Gasteiger partial charge < -0.3 is 9.15 Å². The van der Waals surface area contributed by atoms with Crippen LogP contribution in [0.1, 0.15) is 37.7 Å². The van der Waals surface area contributed by atoms with Crippen molar-refractivity contribution >= 4 is 11.8 Å². The quantitative estimate of drug-likeness (QED) is 0.348. The van der Waals surface area contributed by atoms with Crippen LogP contribution in [0.25, 0.3) is 11.5 Å². The topological polar surface area (TPSA) is 82.3 Å². The summed E-state index contributed by atoms with van der Waals surface area (Å²) in [5.74, 6) is -0.363. The van der Waals surface area contributed by atoms with Gasteiger partial charge in [0.15, 0.2) is 12.4 Å². The molecular formula is C24H18N2O4. The highest BCUT2D eigenvalue weighted by Gasteiger charge is 2.20. The number of nitrogens with zero attached hydrogens (tertiary/aromatic N) is 2. The van der Waals surface area contributed by atoms with Crippen molar-refractivity contribution in [2.75, 3.05) is 0 Å². The van der Waals surface area contributed by atoms with Crippen LogP contribution < -0.4 is 0 Å². The second kappa shape index (κ2) is 8.53. The maximum atomic E-state index is 12.9. The molecule has 148 valence electrons. The van der Waals surface area contributed by atoms with Crippen molar-refractivity contribution in [3.05, 3.63) is 107 Å². The number of aromatic nitrogens is 2. The normalized spacial score (nSPS) is 10.6. The first-order valence-electron chi connectivity index (χ1n) is 9.37. The molecule has 0 aliphatic carbocycles. The van der Waals surface area contributed by atoms with Gasteiger partial charge in [-0.15, -0.1) is 10.2 Å². The SMILES string of the molecule is Cc1ccc(C(=O)c2ccccc2C(=O)OCc2nnc(-c3ccccc3)o2)cc1. The van der Waals surface area contributed by atoms with E-state index >= 15 is 0 Å². The second-order valence-electron chi connectivity index (χ2n) is 6.68. The fraction of sp³-hybridized carbons (Fsp3) is 0.0833. The van der Waals surface area contributed by atoms with Gasteiger partial charge in [-0.3, -0.25) is 4.79 Å². The van der Waals surface area contributed by atoms with Crippen LogP contribution in [-0.2, 0) is 11.3 Å². The van der Waals surface area contributed by atoms with E-state index in [1.165, 1.54) is 0 Å². The van der Waals surface area contributed by atoms with Crippen LogP contribution in [0, 0.1) is 6.92 Å². The number of carbonyl (C=O) groups is 2. The Kier molecular flexibility index (Phi) is 5.48. The summed E-state index contributed by atoms with van der Waals surface area (Å²) >= 11 is 0. The minimum Gasteiger partial charge on any atom is -0.452 e. The number of rotatable bonds is 6.